The fourth-order valence-corrected chi connectivity index (χ4v) is 2.41. The molecule has 2 rings (SSSR count). The van der Waals surface area contributed by atoms with Crippen LogP contribution in [0, 0.1) is 11.8 Å². The minimum Gasteiger partial charge on any atom is -0.469 e. The number of rotatable bonds is 6. The number of carbonyl (C=O) groups is 2. The maximum atomic E-state index is 12.2. The number of amides is 1. The average molecular weight is 279 g/mol. The Morgan fingerprint density at radius 3 is 2.80 bits per heavy atom. The molecular formula is C15H21NO4. The molecule has 3 unspecified atom stereocenters. The Bertz CT molecular complexity index is 466. The van der Waals surface area contributed by atoms with Gasteiger partial charge in [-0.15, -0.1) is 0 Å². The molecule has 1 aromatic heterocycles. The molecule has 5 heteroatoms. The van der Waals surface area contributed by atoms with Crippen molar-refractivity contribution in [1.82, 2.24) is 5.32 Å². The first kappa shape index (κ1) is 14.6. The Balaban J connectivity index is 1.91. The van der Waals surface area contributed by atoms with Crippen molar-refractivity contribution in [3.8, 4) is 0 Å². The van der Waals surface area contributed by atoms with Crippen LogP contribution in [0.3, 0.4) is 0 Å². The molecule has 1 aliphatic rings. The Hall–Kier alpha value is -1.78. The van der Waals surface area contributed by atoms with Crippen LogP contribution in [-0.4, -0.2) is 25.0 Å². The highest BCUT2D eigenvalue weighted by Crippen LogP contribution is 2.47. The molecule has 1 amide bonds. The van der Waals surface area contributed by atoms with E-state index in [1.54, 1.807) is 6.26 Å². The van der Waals surface area contributed by atoms with E-state index in [0.29, 0.717) is 12.3 Å². The number of ether oxygens (including phenoxy) is 1. The molecule has 0 aromatic carbocycles. The van der Waals surface area contributed by atoms with E-state index in [0.717, 1.165) is 12.2 Å². The molecule has 3 atom stereocenters. The summed E-state index contributed by atoms with van der Waals surface area (Å²) in [5.74, 6) is 0.704. The van der Waals surface area contributed by atoms with Gasteiger partial charge < -0.3 is 14.5 Å². The number of hydrogen-bond donors (Lipinski definition) is 1. The maximum absolute atomic E-state index is 12.2. The van der Waals surface area contributed by atoms with Crippen LogP contribution in [0.4, 0.5) is 0 Å². The summed E-state index contributed by atoms with van der Waals surface area (Å²) in [6.07, 6.45) is 2.96. The highest BCUT2D eigenvalue weighted by atomic mass is 16.5. The third-order valence-electron chi connectivity index (χ3n) is 3.55. The van der Waals surface area contributed by atoms with E-state index < -0.39 is 6.04 Å². The van der Waals surface area contributed by atoms with Crippen molar-refractivity contribution >= 4 is 11.9 Å². The minimum atomic E-state index is -0.564. The summed E-state index contributed by atoms with van der Waals surface area (Å²) in [6.45, 7) is 4.01. The number of nitrogens with one attached hydrogen (secondary N) is 1. The lowest BCUT2D eigenvalue weighted by Crippen LogP contribution is -2.43. The molecule has 1 aliphatic carbocycles. The van der Waals surface area contributed by atoms with Crippen molar-refractivity contribution in [3.63, 3.8) is 0 Å². The summed E-state index contributed by atoms with van der Waals surface area (Å²) in [5, 5.41) is 2.80. The highest BCUT2D eigenvalue weighted by Gasteiger charge is 2.46. The predicted molar refractivity (Wildman–Crippen MR) is 73.0 cm³/mol. The van der Waals surface area contributed by atoms with Crippen molar-refractivity contribution in [2.24, 2.45) is 11.8 Å². The van der Waals surface area contributed by atoms with Crippen molar-refractivity contribution in [2.45, 2.75) is 38.6 Å². The van der Waals surface area contributed by atoms with E-state index in [1.165, 1.54) is 7.11 Å². The predicted octanol–water partition coefficient (Wildman–Crippen LogP) is 2.09. The van der Waals surface area contributed by atoms with Gasteiger partial charge in [0.15, 0.2) is 0 Å². The second-order valence-corrected chi connectivity index (χ2v) is 5.68. The van der Waals surface area contributed by atoms with Crippen LogP contribution in [0.5, 0.6) is 0 Å². The summed E-state index contributed by atoms with van der Waals surface area (Å²) in [5.41, 5.74) is 0. The second kappa shape index (κ2) is 6.11. The van der Waals surface area contributed by atoms with Crippen molar-refractivity contribution in [2.75, 3.05) is 7.11 Å². The van der Waals surface area contributed by atoms with Gasteiger partial charge in [0.2, 0.25) is 5.91 Å². The largest absolute Gasteiger partial charge is 0.469 e. The second-order valence-electron chi connectivity index (χ2n) is 5.68. The summed E-state index contributed by atoms with van der Waals surface area (Å²) in [6, 6.07) is 3.13. The van der Waals surface area contributed by atoms with Gasteiger partial charge in [0.1, 0.15) is 11.8 Å². The molecule has 0 radical (unpaired) electrons. The smallest absolute Gasteiger partial charge is 0.328 e. The Kier molecular flexibility index (Phi) is 4.47. The van der Waals surface area contributed by atoms with E-state index in [9.17, 15) is 9.59 Å². The maximum Gasteiger partial charge on any atom is 0.328 e. The Morgan fingerprint density at radius 1 is 1.50 bits per heavy atom. The van der Waals surface area contributed by atoms with Crippen LogP contribution >= 0.6 is 0 Å². The lowest BCUT2D eigenvalue weighted by atomic mass is 10.0. The third-order valence-corrected chi connectivity index (χ3v) is 3.55. The number of furan rings is 1. The zero-order valence-electron chi connectivity index (χ0n) is 12.1. The molecule has 0 saturated heterocycles. The molecule has 0 bridgehead atoms. The fraction of sp³-hybridized carbons (Fsp3) is 0.600. The Labute approximate surface area is 118 Å². The lowest BCUT2D eigenvalue weighted by Gasteiger charge is -2.18. The monoisotopic (exact) mass is 279 g/mol. The molecule has 1 heterocycles. The molecule has 1 aromatic rings. The zero-order valence-corrected chi connectivity index (χ0v) is 12.1. The average Bonchev–Trinajstić information content (AvgIpc) is 3.03. The van der Waals surface area contributed by atoms with Gasteiger partial charge in [-0.3, -0.25) is 4.79 Å². The summed E-state index contributed by atoms with van der Waals surface area (Å²) in [7, 11) is 1.34. The van der Waals surface area contributed by atoms with Crippen LogP contribution in [0.1, 0.15) is 38.4 Å². The molecule has 1 saturated carbocycles. The van der Waals surface area contributed by atoms with E-state index in [4.69, 9.17) is 9.15 Å². The van der Waals surface area contributed by atoms with Gasteiger partial charge in [-0.1, -0.05) is 13.8 Å². The zero-order chi connectivity index (χ0) is 14.7. The quantitative estimate of drug-likeness (QED) is 0.810. The highest BCUT2D eigenvalue weighted by molar-refractivity contribution is 5.88. The van der Waals surface area contributed by atoms with Crippen molar-refractivity contribution < 1.29 is 18.7 Å². The topological polar surface area (TPSA) is 68.5 Å². The first-order chi connectivity index (χ1) is 9.52. The Morgan fingerprint density at radius 2 is 2.25 bits per heavy atom. The van der Waals surface area contributed by atoms with Crippen LogP contribution < -0.4 is 5.32 Å². The van der Waals surface area contributed by atoms with Crippen molar-refractivity contribution in [3.05, 3.63) is 24.2 Å². The van der Waals surface area contributed by atoms with E-state index >= 15 is 0 Å². The third kappa shape index (κ3) is 3.40. The first-order valence-corrected chi connectivity index (χ1v) is 6.94. The van der Waals surface area contributed by atoms with E-state index in [2.05, 4.69) is 5.32 Å². The van der Waals surface area contributed by atoms with Crippen molar-refractivity contribution in [1.29, 1.82) is 0 Å². The summed E-state index contributed by atoms with van der Waals surface area (Å²) in [4.78, 5) is 23.8. The molecule has 5 nitrogen and oxygen atoms in total. The molecule has 1 fully saturated rings. The van der Waals surface area contributed by atoms with E-state index in [-0.39, 0.29) is 23.7 Å². The lowest BCUT2D eigenvalue weighted by molar-refractivity contribution is -0.145. The van der Waals surface area contributed by atoms with Crippen LogP contribution in [0.15, 0.2) is 22.8 Å². The van der Waals surface area contributed by atoms with Gasteiger partial charge in [-0.25, -0.2) is 4.79 Å². The van der Waals surface area contributed by atoms with Gasteiger partial charge >= 0.3 is 5.97 Å². The van der Waals surface area contributed by atoms with Gasteiger partial charge in [0, 0.05) is 11.8 Å². The molecule has 1 N–H and O–H groups in total. The number of methoxy groups -OCH3 is 1. The molecule has 110 valence electrons. The van der Waals surface area contributed by atoms with E-state index in [1.807, 2.05) is 26.0 Å². The SMILES string of the molecule is COC(=O)C(CC(C)C)NC(=O)C1CC1c1ccco1. The number of hydrogen-bond acceptors (Lipinski definition) is 4. The van der Waals surface area contributed by atoms with Crippen LogP contribution in [0.2, 0.25) is 0 Å². The molecule has 0 spiro atoms. The molecule has 20 heavy (non-hydrogen) atoms. The minimum absolute atomic E-state index is 0.0950. The normalized spacial score (nSPS) is 22.4. The number of carbonyl (C=O) groups excluding carboxylic acids is 2. The standard InChI is InChI=1S/C15H21NO4/c1-9(2)7-12(15(18)19-3)16-14(17)11-8-10(11)13-5-4-6-20-13/h4-6,9-12H,7-8H2,1-3H3,(H,16,17). The van der Waals surface area contributed by atoms with Gasteiger partial charge in [0.05, 0.1) is 13.4 Å². The summed E-state index contributed by atoms with van der Waals surface area (Å²) < 4.78 is 10.0. The van der Waals surface area contributed by atoms with Gasteiger partial charge in [-0.2, -0.15) is 0 Å². The van der Waals surface area contributed by atoms with Gasteiger partial charge in [-0.05, 0) is 30.9 Å². The van der Waals surface area contributed by atoms with Crippen LogP contribution in [-0.2, 0) is 14.3 Å². The molecular weight excluding hydrogens is 258 g/mol. The molecule has 0 aliphatic heterocycles. The van der Waals surface area contributed by atoms with Gasteiger partial charge in [0.25, 0.3) is 0 Å². The van der Waals surface area contributed by atoms with Crippen LogP contribution in [0.25, 0.3) is 0 Å². The number of esters is 1. The fourth-order valence-electron chi connectivity index (χ4n) is 2.41. The first-order valence-electron chi connectivity index (χ1n) is 6.94. The summed E-state index contributed by atoms with van der Waals surface area (Å²) >= 11 is 0.